The number of benzene rings is 2. The van der Waals surface area contributed by atoms with Gasteiger partial charge in [-0.05, 0) is 55.0 Å². The highest BCUT2D eigenvalue weighted by Gasteiger charge is 2.24. The van der Waals surface area contributed by atoms with Gasteiger partial charge in [0.1, 0.15) is 0 Å². The molecule has 0 radical (unpaired) electrons. The fourth-order valence-electron chi connectivity index (χ4n) is 2.89. The average Bonchev–Trinajstić information content (AvgIpc) is 3.40. The van der Waals surface area contributed by atoms with Crippen LogP contribution in [0.15, 0.2) is 59.5 Å². The lowest BCUT2D eigenvalue weighted by molar-refractivity contribution is 0.0951. The predicted molar refractivity (Wildman–Crippen MR) is 94.8 cm³/mol. The molecule has 1 aromatic heterocycles. The predicted octanol–water partition coefficient (Wildman–Crippen LogP) is 3.19. The van der Waals surface area contributed by atoms with E-state index in [2.05, 4.69) is 5.32 Å². The standard InChI is InChI=1S/C20H18N2O2/c1-13-6-7-15(19(23)21-16-8-9-16)12-18(13)22-11-10-14-4-2-3-5-17(14)20(22)24/h2-7,10-12,16H,8-9H2,1H3,(H,21,23). The Morgan fingerprint density at radius 2 is 1.92 bits per heavy atom. The van der Waals surface area contributed by atoms with Crippen molar-refractivity contribution in [3.8, 4) is 5.69 Å². The number of hydrogen-bond donors (Lipinski definition) is 1. The third kappa shape index (κ3) is 2.60. The molecule has 120 valence electrons. The van der Waals surface area contributed by atoms with Crippen LogP contribution in [0, 0.1) is 6.92 Å². The normalized spacial score (nSPS) is 13.9. The molecule has 0 saturated heterocycles. The van der Waals surface area contributed by atoms with E-state index in [4.69, 9.17) is 0 Å². The zero-order valence-electron chi connectivity index (χ0n) is 13.5. The molecule has 0 aliphatic heterocycles. The van der Waals surface area contributed by atoms with E-state index in [1.165, 1.54) is 0 Å². The van der Waals surface area contributed by atoms with Crippen LogP contribution in [0.3, 0.4) is 0 Å². The molecule has 1 fully saturated rings. The monoisotopic (exact) mass is 318 g/mol. The van der Waals surface area contributed by atoms with Crippen LogP contribution in [0.2, 0.25) is 0 Å². The van der Waals surface area contributed by atoms with Crippen LogP contribution in [-0.4, -0.2) is 16.5 Å². The number of rotatable bonds is 3. The molecular weight excluding hydrogens is 300 g/mol. The van der Waals surface area contributed by atoms with Crippen LogP contribution in [-0.2, 0) is 0 Å². The molecule has 4 heteroatoms. The molecule has 1 heterocycles. The van der Waals surface area contributed by atoms with Gasteiger partial charge in [0.15, 0.2) is 0 Å². The highest BCUT2D eigenvalue weighted by atomic mass is 16.1. The molecule has 1 saturated carbocycles. The highest BCUT2D eigenvalue weighted by Crippen LogP contribution is 2.21. The number of carbonyl (C=O) groups excluding carboxylic acids is 1. The van der Waals surface area contributed by atoms with Gasteiger partial charge in [-0.2, -0.15) is 0 Å². The zero-order chi connectivity index (χ0) is 16.7. The second kappa shape index (κ2) is 5.64. The third-order valence-electron chi connectivity index (χ3n) is 4.46. The maximum atomic E-state index is 12.8. The maximum Gasteiger partial charge on any atom is 0.262 e. The SMILES string of the molecule is Cc1ccc(C(=O)NC2CC2)cc1-n1ccc2ccccc2c1=O. The Morgan fingerprint density at radius 1 is 1.12 bits per heavy atom. The van der Waals surface area contributed by atoms with Gasteiger partial charge < -0.3 is 5.32 Å². The second-order valence-corrected chi connectivity index (χ2v) is 6.33. The van der Waals surface area contributed by atoms with Crippen LogP contribution in [0.25, 0.3) is 16.5 Å². The Bertz CT molecular complexity index is 1000. The number of hydrogen-bond acceptors (Lipinski definition) is 2. The Morgan fingerprint density at radius 3 is 2.71 bits per heavy atom. The van der Waals surface area contributed by atoms with Gasteiger partial charge in [0, 0.05) is 23.2 Å². The van der Waals surface area contributed by atoms with Crippen LogP contribution < -0.4 is 10.9 Å². The summed E-state index contributed by atoms with van der Waals surface area (Å²) in [5, 5.41) is 4.58. The second-order valence-electron chi connectivity index (χ2n) is 6.33. The van der Waals surface area contributed by atoms with Crippen molar-refractivity contribution in [1.82, 2.24) is 9.88 Å². The van der Waals surface area contributed by atoms with Gasteiger partial charge >= 0.3 is 0 Å². The van der Waals surface area contributed by atoms with Crippen molar-refractivity contribution in [2.75, 3.05) is 0 Å². The molecule has 4 nitrogen and oxygen atoms in total. The van der Waals surface area contributed by atoms with Gasteiger partial charge in [-0.25, -0.2) is 0 Å². The van der Waals surface area contributed by atoms with Crippen LogP contribution >= 0.6 is 0 Å². The molecule has 1 aliphatic carbocycles. The molecule has 1 amide bonds. The first kappa shape index (κ1) is 14.7. The summed E-state index contributed by atoms with van der Waals surface area (Å²) in [6.07, 6.45) is 3.87. The molecule has 0 bridgehead atoms. The molecule has 2 aromatic carbocycles. The Hall–Kier alpha value is -2.88. The molecule has 0 unspecified atom stereocenters. The number of fused-ring (bicyclic) bond motifs is 1. The fourth-order valence-corrected chi connectivity index (χ4v) is 2.89. The number of carbonyl (C=O) groups is 1. The third-order valence-corrected chi connectivity index (χ3v) is 4.46. The summed E-state index contributed by atoms with van der Waals surface area (Å²) < 4.78 is 1.62. The van der Waals surface area contributed by atoms with E-state index in [0.717, 1.165) is 29.5 Å². The van der Waals surface area contributed by atoms with Crippen molar-refractivity contribution in [3.05, 3.63) is 76.2 Å². The summed E-state index contributed by atoms with van der Waals surface area (Å²) in [4.78, 5) is 25.1. The van der Waals surface area contributed by atoms with Crippen molar-refractivity contribution in [3.63, 3.8) is 0 Å². The number of aromatic nitrogens is 1. The van der Waals surface area contributed by atoms with E-state index in [-0.39, 0.29) is 11.5 Å². The van der Waals surface area contributed by atoms with Gasteiger partial charge in [0.25, 0.3) is 11.5 Å². The lowest BCUT2D eigenvalue weighted by atomic mass is 10.1. The molecular formula is C20H18N2O2. The smallest absolute Gasteiger partial charge is 0.262 e. The first-order valence-electron chi connectivity index (χ1n) is 8.16. The number of pyridine rings is 1. The number of amides is 1. The summed E-state index contributed by atoms with van der Waals surface area (Å²) in [5.74, 6) is -0.0763. The van der Waals surface area contributed by atoms with E-state index < -0.39 is 0 Å². The quantitative estimate of drug-likeness (QED) is 0.806. The number of aryl methyl sites for hydroxylation is 1. The van der Waals surface area contributed by atoms with Crippen molar-refractivity contribution >= 4 is 16.7 Å². The summed E-state index contributed by atoms with van der Waals surface area (Å²) in [7, 11) is 0. The Labute approximate surface area is 139 Å². The largest absolute Gasteiger partial charge is 0.349 e. The minimum Gasteiger partial charge on any atom is -0.349 e. The number of nitrogens with one attached hydrogen (secondary N) is 1. The Kier molecular flexibility index (Phi) is 3.45. The van der Waals surface area contributed by atoms with E-state index in [1.807, 2.05) is 49.4 Å². The van der Waals surface area contributed by atoms with E-state index in [1.54, 1.807) is 16.8 Å². The van der Waals surface area contributed by atoms with E-state index >= 15 is 0 Å². The molecule has 0 spiro atoms. The van der Waals surface area contributed by atoms with Crippen LogP contribution in [0.1, 0.15) is 28.8 Å². The summed E-state index contributed by atoms with van der Waals surface area (Å²) in [6.45, 7) is 1.94. The van der Waals surface area contributed by atoms with Crippen molar-refractivity contribution in [1.29, 1.82) is 0 Å². The molecule has 24 heavy (non-hydrogen) atoms. The van der Waals surface area contributed by atoms with Gasteiger partial charge in [0.05, 0.1) is 5.69 Å². The van der Waals surface area contributed by atoms with Crippen LogP contribution in [0.4, 0.5) is 0 Å². The van der Waals surface area contributed by atoms with Gasteiger partial charge in [0.2, 0.25) is 0 Å². The lowest BCUT2D eigenvalue weighted by Gasteiger charge is -2.12. The lowest BCUT2D eigenvalue weighted by Crippen LogP contribution is -2.26. The zero-order valence-corrected chi connectivity index (χ0v) is 13.5. The first-order chi connectivity index (χ1) is 11.6. The maximum absolute atomic E-state index is 12.8. The van der Waals surface area contributed by atoms with E-state index in [9.17, 15) is 9.59 Å². The van der Waals surface area contributed by atoms with Gasteiger partial charge in [-0.1, -0.05) is 24.3 Å². The van der Waals surface area contributed by atoms with E-state index in [0.29, 0.717) is 17.0 Å². The van der Waals surface area contributed by atoms with Gasteiger partial charge in [-0.15, -0.1) is 0 Å². The summed E-state index contributed by atoms with van der Waals surface area (Å²) >= 11 is 0. The van der Waals surface area contributed by atoms with Gasteiger partial charge in [-0.3, -0.25) is 14.2 Å². The molecule has 3 aromatic rings. The summed E-state index contributed by atoms with van der Waals surface area (Å²) in [6, 6.07) is 15.3. The van der Waals surface area contributed by atoms with Crippen molar-refractivity contribution in [2.24, 2.45) is 0 Å². The number of nitrogens with zero attached hydrogens (tertiary/aromatic N) is 1. The topological polar surface area (TPSA) is 51.1 Å². The molecule has 4 rings (SSSR count). The molecule has 1 aliphatic rings. The Balaban J connectivity index is 1.82. The summed E-state index contributed by atoms with van der Waals surface area (Å²) in [5.41, 5.74) is 2.21. The van der Waals surface area contributed by atoms with Crippen molar-refractivity contribution in [2.45, 2.75) is 25.8 Å². The minimum absolute atomic E-state index is 0.0732. The van der Waals surface area contributed by atoms with Crippen molar-refractivity contribution < 1.29 is 4.79 Å². The molecule has 0 atom stereocenters. The first-order valence-corrected chi connectivity index (χ1v) is 8.16. The fraction of sp³-hybridized carbons (Fsp3) is 0.200. The minimum atomic E-state index is -0.0763. The average molecular weight is 318 g/mol. The molecule has 1 N–H and O–H groups in total. The van der Waals surface area contributed by atoms with Crippen LogP contribution in [0.5, 0.6) is 0 Å². The highest BCUT2D eigenvalue weighted by molar-refractivity contribution is 5.95.